The molecular weight excluding hydrogens is 252 g/mol. The predicted octanol–water partition coefficient (Wildman–Crippen LogP) is 2.16. The van der Waals surface area contributed by atoms with Crippen LogP contribution in [0.5, 0.6) is 0 Å². The van der Waals surface area contributed by atoms with Crippen LogP contribution in [0.15, 0.2) is 18.2 Å². The molecule has 3 nitrogen and oxygen atoms in total. The molecule has 1 aliphatic rings. The quantitative estimate of drug-likeness (QED) is 0.881. The van der Waals surface area contributed by atoms with Crippen LogP contribution in [0.25, 0.3) is 0 Å². The van der Waals surface area contributed by atoms with E-state index in [9.17, 15) is 13.9 Å². The Morgan fingerprint density at radius 1 is 1.37 bits per heavy atom. The van der Waals surface area contributed by atoms with Gasteiger partial charge in [0.15, 0.2) is 0 Å². The Balaban J connectivity index is 1.97. The molecule has 0 aliphatic carbocycles. The highest BCUT2D eigenvalue weighted by Gasteiger charge is 2.27. The van der Waals surface area contributed by atoms with E-state index in [-0.39, 0.29) is 17.6 Å². The van der Waals surface area contributed by atoms with E-state index in [0.717, 1.165) is 31.0 Å². The molecule has 19 heavy (non-hydrogen) atoms. The second kappa shape index (κ2) is 5.94. The molecule has 1 fully saturated rings. The molecule has 0 aromatic heterocycles. The van der Waals surface area contributed by atoms with Crippen molar-refractivity contribution < 1.29 is 18.6 Å². The van der Waals surface area contributed by atoms with Gasteiger partial charge in [0.05, 0.1) is 6.10 Å². The largest absolute Gasteiger partial charge is 0.387 e. The van der Waals surface area contributed by atoms with Crippen LogP contribution in [0.3, 0.4) is 0 Å². The fourth-order valence-corrected chi connectivity index (χ4v) is 2.22. The molecule has 1 aromatic rings. The molecule has 1 aliphatic heterocycles. The summed E-state index contributed by atoms with van der Waals surface area (Å²) >= 11 is 0. The lowest BCUT2D eigenvalue weighted by Crippen LogP contribution is -2.48. The molecular formula is C14H19F2NO2. The van der Waals surface area contributed by atoms with E-state index in [1.54, 1.807) is 0 Å². The molecule has 0 radical (unpaired) electrons. The van der Waals surface area contributed by atoms with Crippen LogP contribution in [0.2, 0.25) is 0 Å². The molecule has 5 heteroatoms. The third-order valence-corrected chi connectivity index (χ3v) is 3.64. The number of aliphatic hydroxyl groups is 1. The molecule has 0 saturated carbocycles. The fourth-order valence-electron chi connectivity index (χ4n) is 2.22. The molecule has 0 bridgehead atoms. The van der Waals surface area contributed by atoms with Gasteiger partial charge in [0.25, 0.3) is 0 Å². The van der Waals surface area contributed by atoms with Crippen molar-refractivity contribution in [2.45, 2.75) is 31.4 Å². The van der Waals surface area contributed by atoms with Crippen LogP contribution in [0.4, 0.5) is 8.78 Å². The Hall–Kier alpha value is -1.04. The number of rotatable bonds is 4. The summed E-state index contributed by atoms with van der Waals surface area (Å²) in [6.07, 6.45) is 0.617. The van der Waals surface area contributed by atoms with Gasteiger partial charge in [-0.25, -0.2) is 8.78 Å². The molecule has 0 amide bonds. The lowest BCUT2D eigenvalue weighted by atomic mass is 9.92. The zero-order chi connectivity index (χ0) is 13.9. The number of hydrogen-bond acceptors (Lipinski definition) is 3. The van der Waals surface area contributed by atoms with E-state index in [4.69, 9.17) is 4.74 Å². The molecule has 1 atom stereocenters. The van der Waals surface area contributed by atoms with E-state index in [1.165, 1.54) is 0 Å². The summed E-state index contributed by atoms with van der Waals surface area (Å²) in [5.41, 5.74) is -0.133. The Morgan fingerprint density at radius 2 is 2.05 bits per heavy atom. The minimum Gasteiger partial charge on any atom is -0.387 e. The van der Waals surface area contributed by atoms with Gasteiger partial charge in [-0.05, 0) is 38.0 Å². The number of hydrogen-bond donors (Lipinski definition) is 2. The number of aliphatic hydroxyl groups excluding tert-OH is 1. The second-order valence-electron chi connectivity index (χ2n) is 5.24. The zero-order valence-electron chi connectivity index (χ0n) is 11.0. The first-order valence-electron chi connectivity index (χ1n) is 6.46. The summed E-state index contributed by atoms with van der Waals surface area (Å²) in [7, 11) is 0. The fraction of sp³-hybridized carbons (Fsp3) is 0.571. The molecule has 0 spiro atoms. The summed E-state index contributed by atoms with van der Waals surface area (Å²) in [5, 5.41) is 13.2. The van der Waals surface area contributed by atoms with Crippen molar-refractivity contribution in [1.82, 2.24) is 5.32 Å². The highest BCUT2D eigenvalue weighted by atomic mass is 19.1. The summed E-state index contributed by atoms with van der Waals surface area (Å²) < 4.78 is 31.8. The number of benzene rings is 1. The van der Waals surface area contributed by atoms with Crippen molar-refractivity contribution >= 4 is 0 Å². The highest BCUT2D eigenvalue weighted by Crippen LogP contribution is 2.22. The minimum absolute atomic E-state index is 0.0110. The number of β-amino-alcohol motifs (C(OH)–C–C–N with tert-alkyl or cyclic N) is 1. The van der Waals surface area contributed by atoms with Crippen molar-refractivity contribution in [3.63, 3.8) is 0 Å². The molecule has 2 rings (SSSR count). The first kappa shape index (κ1) is 14.4. The molecule has 1 unspecified atom stereocenters. The Labute approximate surface area is 111 Å². The van der Waals surface area contributed by atoms with E-state index in [0.29, 0.717) is 13.2 Å². The SMILES string of the molecule is CC1(NCC(O)c2cc(F)ccc2F)CCOCC1. The topological polar surface area (TPSA) is 41.5 Å². The first-order chi connectivity index (χ1) is 9.00. The summed E-state index contributed by atoms with van der Waals surface area (Å²) in [4.78, 5) is 0. The highest BCUT2D eigenvalue weighted by molar-refractivity contribution is 5.21. The monoisotopic (exact) mass is 271 g/mol. The van der Waals surface area contributed by atoms with Crippen molar-refractivity contribution in [3.8, 4) is 0 Å². The molecule has 106 valence electrons. The number of ether oxygens (including phenoxy) is 1. The Morgan fingerprint density at radius 3 is 2.74 bits per heavy atom. The Kier molecular flexibility index (Phi) is 4.50. The van der Waals surface area contributed by atoms with Crippen molar-refractivity contribution in [1.29, 1.82) is 0 Å². The molecule has 2 N–H and O–H groups in total. The van der Waals surface area contributed by atoms with E-state index in [1.807, 2.05) is 6.92 Å². The van der Waals surface area contributed by atoms with Gasteiger partial charge in [-0.3, -0.25) is 0 Å². The van der Waals surface area contributed by atoms with Crippen LogP contribution < -0.4 is 5.32 Å². The molecule has 1 aromatic carbocycles. The maximum Gasteiger partial charge on any atom is 0.129 e. The van der Waals surface area contributed by atoms with Gasteiger partial charge >= 0.3 is 0 Å². The van der Waals surface area contributed by atoms with Crippen LogP contribution in [-0.2, 0) is 4.74 Å². The maximum atomic E-state index is 13.5. The van der Waals surface area contributed by atoms with E-state index in [2.05, 4.69) is 5.32 Å². The van der Waals surface area contributed by atoms with Crippen LogP contribution in [0.1, 0.15) is 31.4 Å². The average molecular weight is 271 g/mol. The maximum absolute atomic E-state index is 13.5. The predicted molar refractivity (Wildman–Crippen MR) is 67.8 cm³/mol. The van der Waals surface area contributed by atoms with Gasteiger partial charge in [0.2, 0.25) is 0 Å². The Bertz CT molecular complexity index is 433. The lowest BCUT2D eigenvalue weighted by molar-refractivity contribution is 0.0385. The van der Waals surface area contributed by atoms with Gasteiger partial charge in [-0.2, -0.15) is 0 Å². The number of halogens is 2. The zero-order valence-corrected chi connectivity index (χ0v) is 11.0. The minimum atomic E-state index is -1.06. The lowest BCUT2D eigenvalue weighted by Gasteiger charge is -2.35. The van der Waals surface area contributed by atoms with Gasteiger partial charge in [0, 0.05) is 30.9 Å². The van der Waals surface area contributed by atoms with Crippen LogP contribution in [0, 0.1) is 11.6 Å². The van der Waals surface area contributed by atoms with Gasteiger partial charge < -0.3 is 15.2 Å². The normalized spacial score (nSPS) is 20.2. The average Bonchev–Trinajstić information content (AvgIpc) is 2.40. The number of nitrogens with one attached hydrogen (secondary N) is 1. The van der Waals surface area contributed by atoms with Crippen molar-refractivity contribution in [2.75, 3.05) is 19.8 Å². The molecule has 1 heterocycles. The smallest absolute Gasteiger partial charge is 0.129 e. The third kappa shape index (κ3) is 3.72. The third-order valence-electron chi connectivity index (χ3n) is 3.64. The van der Waals surface area contributed by atoms with Gasteiger partial charge in [0.1, 0.15) is 11.6 Å². The van der Waals surface area contributed by atoms with Gasteiger partial charge in [-0.1, -0.05) is 0 Å². The van der Waals surface area contributed by atoms with E-state index < -0.39 is 17.7 Å². The van der Waals surface area contributed by atoms with Crippen molar-refractivity contribution in [3.05, 3.63) is 35.4 Å². The standard InChI is InChI=1S/C14H19F2NO2/c1-14(4-6-19-7-5-14)17-9-13(18)11-8-10(15)2-3-12(11)16/h2-3,8,13,17-18H,4-7,9H2,1H3. The summed E-state index contributed by atoms with van der Waals surface area (Å²) in [6, 6.07) is 3.11. The summed E-state index contributed by atoms with van der Waals surface area (Å²) in [6.45, 7) is 3.59. The first-order valence-corrected chi connectivity index (χ1v) is 6.46. The summed E-state index contributed by atoms with van der Waals surface area (Å²) in [5.74, 6) is -1.14. The molecule has 1 saturated heterocycles. The van der Waals surface area contributed by atoms with Crippen LogP contribution >= 0.6 is 0 Å². The van der Waals surface area contributed by atoms with Gasteiger partial charge in [-0.15, -0.1) is 0 Å². The van der Waals surface area contributed by atoms with Crippen molar-refractivity contribution in [2.24, 2.45) is 0 Å². The second-order valence-corrected chi connectivity index (χ2v) is 5.24. The van der Waals surface area contributed by atoms with Crippen LogP contribution in [-0.4, -0.2) is 30.4 Å². The van der Waals surface area contributed by atoms with E-state index >= 15 is 0 Å².